The molecule has 3 amide bonds. The summed E-state index contributed by atoms with van der Waals surface area (Å²) in [5.74, 6) is -1.50. The Morgan fingerprint density at radius 1 is 1.00 bits per heavy atom. The first kappa shape index (κ1) is 21.6. The van der Waals surface area contributed by atoms with Gasteiger partial charge in [0.25, 0.3) is 5.91 Å². The van der Waals surface area contributed by atoms with E-state index < -0.39 is 11.8 Å². The molecule has 0 bridgehead atoms. The molecule has 152 valence electrons. The van der Waals surface area contributed by atoms with Crippen LogP contribution in [0.15, 0.2) is 53.6 Å². The Bertz CT molecular complexity index is 896. The van der Waals surface area contributed by atoms with Crippen LogP contribution in [0.25, 0.3) is 0 Å². The van der Waals surface area contributed by atoms with Gasteiger partial charge in [-0.3, -0.25) is 14.4 Å². The first-order valence-electron chi connectivity index (χ1n) is 9.26. The van der Waals surface area contributed by atoms with Crippen molar-refractivity contribution < 1.29 is 19.1 Å². The number of carbonyl (C=O) groups excluding carboxylic acids is 3. The monoisotopic (exact) mass is 396 g/mol. The first-order chi connectivity index (χ1) is 14.0. The highest BCUT2D eigenvalue weighted by Gasteiger charge is 2.11. The Kier molecular flexibility index (Phi) is 8.37. The Balaban J connectivity index is 1.94. The molecule has 0 spiro atoms. The van der Waals surface area contributed by atoms with Crippen molar-refractivity contribution in [3.8, 4) is 5.75 Å². The third-order valence-corrected chi connectivity index (χ3v) is 3.86. The fourth-order valence-corrected chi connectivity index (χ4v) is 2.45. The molecule has 0 aliphatic heterocycles. The maximum atomic E-state index is 12.2. The van der Waals surface area contributed by atoms with Gasteiger partial charge in [0.15, 0.2) is 6.61 Å². The highest BCUT2D eigenvalue weighted by Crippen LogP contribution is 2.17. The van der Waals surface area contributed by atoms with Crippen molar-refractivity contribution in [3.63, 3.8) is 0 Å². The van der Waals surface area contributed by atoms with Crippen LogP contribution >= 0.6 is 0 Å². The minimum atomic E-state index is -0.865. The van der Waals surface area contributed by atoms with E-state index in [1.807, 2.05) is 31.2 Å². The number of amides is 3. The maximum absolute atomic E-state index is 12.2. The zero-order valence-electron chi connectivity index (χ0n) is 16.4. The van der Waals surface area contributed by atoms with Gasteiger partial charge >= 0.3 is 11.8 Å². The van der Waals surface area contributed by atoms with E-state index in [9.17, 15) is 14.4 Å². The van der Waals surface area contributed by atoms with Gasteiger partial charge in [0.1, 0.15) is 5.75 Å². The maximum Gasteiger partial charge on any atom is 0.329 e. The van der Waals surface area contributed by atoms with E-state index in [4.69, 9.17) is 4.74 Å². The second-order valence-electron chi connectivity index (χ2n) is 5.94. The zero-order chi connectivity index (χ0) is 21.1. The van der Waals surface area contributed by atoms with Crippen LogP contribution in [0.4, 0.5) is 5.69 Å². The number of nitrogens with one attached hydrogen (secondary N) is 3. The highest BCUT2D eigenvalue weighted by atomic mass is 16.5. The van der Waals surface area contributed by atoms with Crippen molar-refractivity contribution in [1.29, 1.82) is 0 Å². The number of hydrogen-bond acceptors (Lipinski definition) is 5. The third kappa shape index (κ3) is 6.76. The fourth-order valence-electron chi connectivity index (χ4n) is 2.45. The molecule has 0 heterocycles. The smallest absolute Gasteiger partial charge is 0.329 e. The summed E-state index contributed by atoms with van der Waals surface area (Å²) in [7, 11) is 0. The number of rotatable bonds is 8. The Morgan fingerprint density at radius 2 is 1.72 bits per heavy atom. The van der Waals surface area contributed by atoms with E-state index in [-0.39, 0.29) is 12.5 Å². The van der Waals surface area contributed by atoms with Crippen LogP contribution in [0.5, 0.6) is 5.75 Å². The van der Waals surface area contributed by atoms with E-state index >= 15 is 0 Å². The van der Waals surface area contributed by atoms with Gasteiger partial charge in [0.05, 0.1) is 6.21 Å². The standard InChI is InChI=1S/C21H24N4O4/c1-3-15-9-5-7-11-17(15)24-19(26)14-29-18-12-8-6-10-16(18)13-23-25-21(28)20(27)22-4-2/h5-13H,3-4,14H2,1-2H3,(H,22,27)(H,24,26)(H,25,28)/b23-13-. The number of hydrazone groups is 1. The molecule has 0 radical (unpaired) electrons. The number of hydrogen-bond donors (Lipinski definition) is 3. The normalized spacial score (nSPS) is 10.4. The van der Waals surface area contributed by atoms with Crippen molar-refractivity contribution in [2.45, 2.75) is 20.3 Å². The summed E-state index contributed by atoms with van der Waals surface area (Å²) in [6, 6.07) is 14.5. The average molecular weight is 396 g/mol. The van der Waals surface area contributed by atoms with Crippen molar-refractivity contribution in [2.24, 2.45) is 5.10 Å². The molecule has 8 heteroatoms. The predicted octanol–water partition coefficient (Wildman–Crippen LogP) is 1.85. The van der Waals surface area contributed by atoms with E-state index in [1.54, 1.807) is 31.2 Å². The van der Waals surface area contributed by atoms with Crippen LogP contribution in [0.3, 0.4) is 0 Å². The Labute approximate surface area is 169 Å². The lowest BCUT2D eigenvalue weighted by Gasteiger charge is -2.11. The second kappa shape index (κ2) is 11.2. The first-order valence-corrected chi connectivity index (χ1v) is 9.26. The topological polar surface area (TPSA) is 109 Å². The quantitative estimate of drug-likeness (QED) is 0.359. The van der Waals surface area contributed by atoms with E-state index in [0.717, 1.165) is 17.7 Å². The van der Waals surface area contributed by atoms with Gasteiger partial charge in [-0.15, -0.1) is 0 Å². The Hall–Kier alpha value is -3.68. The van der Waals surface area contributed by atoms with Crippen molar-refractivity contribution >= 4 is 29.6 Å². The highest BCUT2D eigenvalue weighted by molar-refractivity contribution is 6.35. The number of ether oxygens (including phenoxy) is 1. The Morgan fingerprint density at radius 3 is 2.48 bits per heavy atom. The number of anilines is 1. The fraction of sp³-hybridized carbons (Fsp3) is 0.238. The SMILES string of the molecule is CCNC(=O)C(=O)N/N=C\c1ccccc1OCC(=O)Nc1ccccc1CC. The number of carbonyl (C=O) groups is 3. The molecule has 0 unspecified atom stereocenters. The number of para-hydroxylation sites is 2. The van der Waals surface area contributed by atoms with Crippen LogP contribution in [0.1, 0.15) is 25.0 Å². The molecule has 29 heavy (non-hydrogen) atoms. The number of likely N-dealkylation sites (N-methyl/N-ethyl adjacent to an activating group) is 1. The lowest BCUT2D eigenvalue weighted by atomic mass is 10.1. The molecule has 2 rings (SSSR count). The predicted molar refractivity (Wildman–Crippen MR) is 111 cm³/mol. The van der Waals surface area contributed by atoms with Gasteiger partial charge in [0, 0.05) is 17.8 Å². The zero-order valence-corrected chi connectivity index (χ0v) is 16.4. The van der Waals surface area contributed by atoms with Gasteiger partial charge in [-0.25, -0.2) is 5.43 Å². The molecule has 0 saturated carbocycles. The van der Waals surface area contributed by atoms with Gasteiger partial charge in [-0.2, -0.15) is 5.10 Å². The summed E-state index contributed by atoms with van der Waals surface area (Å²) in [5, 5.41) is 8.96. The summed E-state index contributed by atoms with van der Waals surface area (Å²) in [5.41, 5.74) is 4.48. The molecular formula is C21H24N4O4. The molecule has 2 aromatic carbocycles. The van der Waals surface area contributed by atoms with Crippen LogP contribution in [0.2, 0.25) is 0 Å². The van der Waals surface area contributed by atoms with E-state index in [1.165, 1.54) is 6.21 Å². The molecule has 3 N–H and O–H groups in total. The third-order valence-electron chi connectivity index (χ3n) is 3.86. The molecule has 8 nitrogen and oxygen atoms in total. The van der Waals surface area contributed by atoms with Crippen molar-refractivity contribution in [3.05, 3.63) is 59.7 Å². The van der Waals surface area contributed by atoms with Gasteiger partial charge in [0.2, 0.25) is 0 Å². The summed E-state index contributed by atoms with van der Waals surface area (Å²) >= 11 is 0. The van der Waals surface area contributed by atoms with Gasteiger partial charge in [-0.1, -0.05) is 37.3 Å². The van der Waals surface area contributed by atoms with E-state index in [2.05, 4.69) is 21.2 Å². The molecule has 0 aliphatic rings. The van der Waals surface area contributed by atoms with Crippen molar-refractivity contribution in [2.75, 3.05) is 18.5 Å². The second-order valence-corrected chi connectivity index (χ2v) is 5.94. The lowest BCUT2D eigenvalue weighted by molar-refractivity contribution is -0.139. The molecule has 0 aliphatic carbocycles. The summed E-state index contributed by atoms with van der Waals surface area (Å²) in [4.78, 5) is 35.1. The number of benzene rings is 2. The van der Waals surface area contributed by atoms with Gasteiger partial charge in [-0.05, 0) is 37.1 Å². The van der Waals surface area contributed by atoms with Gasteiger partial charge < -0.3 is 15.4 Å². The minimum Gasteiger partial charge on any atom is -0.483 e. The minimum absolute atomic E-state index is 0.186. The molecule has 0 atom stereocenters. The summed E-state index contributed by atoms with van der Waals surface area (Å²) < 4.78 is 5.59. The molecule has 0 fully saturated rings. The van der Waals surface area contributed by atoms with Crippen molar-refractivity contribution in [1.82, 2.24) is 10.7 Å². The average Bonchev–Trinajstić information content (AvgIpc) is 2.73. The van der Waals surface area contributed by atoms with Crippen LogP contribution in [-0.2, 0) is 20.8 Å². The van der Waals surface area contributed by atoms with Crippen LogP contribution in [0, 0.1) is 0 Å². The van der Waals surface area contributed by atoms with E-state index in [0.29, 0.717) is 17.9 Å². The van der Waals surface area contributed by atoms with Crippen LogP contribution < -0.4 is 20.8 Å². The molecular weight excluding hydrogens is 372 g/mol. The molecule has 0 saturated heterocycles. The largest absolute Gasteiger partial charge is 0.483 e. The number of aryl methyl sites for hydroxylation is 1. The summed E-state index contributed by atoms with van der Waals surface area (Å²) in [6.07, 6.45) is 2.15. The van der Waals surface area contributed by atoms with Crippen LogP contribution in [-0.4, -0.2) is 37.1 Å². The summed E-state index contributed by atoms with van der Waals surface area (Å²) in [6.45, 7) is 3.88. The molecule has 2 aromatic rings. The lowest BCUT2D eigenvalue weighted by Crippen LogP contribution is -2.37. The molecule has 0 aromatic heterocycles. The number of nitrogens with zero attached hydrogens (tertiary/aromatic N) is 1.